The average Bonchev–Trinajstić information content (AvgIpc) is 3.42. The second kappa shape index (κ2) is 10.8. The summed E-state index contributed by atoms with van der Waals surface area (Å²) >= 11 is 17.7. The molecule has 0 saturated heterocycles. The van der Waals surface area contributed by atoms with Crippen molar-refractivity contribution in [2.24, 2.45) is 5.10 Å². The molecule has 3 heterocycles. The van der Waals surface area contributed by atoms with Gasteiger partial charge < -0.3 is 15.1 Å². The molecular weight excluding hydrogens is 531 g/mol. The van der Waals surface area contributed by atoms with E-state index >= 15 is 0 Å². The molecule has 0 aliphatic heterocycles. The highest BCUT2D eigenvalue weighted by Crippen LogP contribution is 2.25. The summed E-state index contributed by atoms with van der Waals surface area (Å²) in [5.41, 5.74) is 4.14. The van der Waals surface area contributed by atoms with Crippen LogP contribution in [0.25, 0.3) is 5.65 Å². The number of aryl methyl sites for hydroxylation is 1. The van der Waals surface area contributed by atoms with E-state index in [1.165, 1.54) is 24.4 Å². The molecule has 0 atom stereocenters. The maximum atomic E-state index is 12.6. The Labute approximate surface area is 219 Å². The molecule has 0 spiro atoms. The van der Waals surface area contributed by atoms with Crippen LogP contribution in [-0.2, 0) is 16.1 Å². The van der Waals surface area contributed by atoms with E-state index in [1.54, 1.807) is 41.8 Å². The topological polar surface area (TPSA) is 130 Å². The molecule has 4 rings (SSSR count). The van der Waals surface area contributed by atoms with Gasteiger partial charge in [0.05, 0.1) is 33.5 Å². The van der Waals surface area contributed by atoms with Crippen LogP contribution in [0.15, 0.2) is 58.2 Å². The summed E-state index contributed by atoms with van der Waals surface area (Å²) in [6.07, 6.45) is 2.89. The number of furan rings is 1. The summed E-state index contributed by atoms with van der Waals surface area (Å²) in [6, 6.07) is 11.0. The number of anilines is 1. The number of rotatable bonds is 6. The van der Waals surface area contributed by atoms with Crippen LogP contribution in [0.2, 0.25) is 15.1 Å². The smallest absolute Gasteiger partial charge is 0.313 e. The van der Waals surface area contributed by atoms with Crippen LogP contribution in [-0.4, -0.2) is 33.3 Å². The van der Waals surface area contributed by atoms with E-state index < -0.39 is 17.7 Å². The predicted molar refractivity (Wildman–Crippen MR) is 136 cm³/mol. The molecule has 3 N–H and O–H groups in total. The first-order chi connectivity index (χ1) is 17.2. The van der Waals surface area contributed by atoms with Gasteiger partial charge >= 0.3 is 11.8 Å². The zero-order chi connectivity index (χ0) is 25.8. The van der Waals surface area contributed by atoms with E-state index in [9.17, 15) is 14.4 Å². The molecule has 0 bridgehead atoms. The third kappa shape index (κ3) is 5.85. The van der Waals surface area contributed by atoms with E-state index in [0.29, 0.717) is 44.3 Å². The lowest BCUT2D eigenvalue weighted by Gasteiger charge is -2.06. The molecule has 36 heavy (non-hydrogen) atoms. The maximum absolute atomic E-state index is 12.6. The van der Waals surface area contributed by atoms with Crippen molar-refractivity contribution in [3.05, 3.63) is 86.6 Å². The van der Waals surface area contributed by atoms with Crippen LogP contribution in [0.5, 0.6) is 0 Å². The molecule has 0 aliphatic rings. The number of carbonyl (C=O) groups excluding carboxylic acids is 3. The van der Waals surface area contributed by atoms with Gasteiger partial charge in [-0.2, -0.15) is 5.10 Å². The molecule has 4 aromatic rings. The molecule has 3 amide bonds. The molecular formula is C23H17Cl3N6O4. The highest BCUT2D eigenvalue weighted by molar-refractivity contribution is 6.43. The zero-order valence-electron chi connectivity index (χ0n) is 18.5. The lowest BCUT2D eigenvalue weighted by atomic mass is 10.3. The number of halogens is 3. The van der Waals surface area contributed by atoms with E-state index in [4.69, 9.17) is 39.2 Å². The number of nitrogens with one attached hydrogen (secondary N) is 3. The van der Waals surface area contributed by atoms with Crippen molar-refractivity contribution in [2.75, 3.05) is 5.32 Å². The molecule has 0 saturated carbocycles. The van der Waals surface area contributed by atoms with Crippen LogP contribution in [0.1, 0.15) is 27.7 Å². The Balaban J connectivity index is 1.30. The summed E-state index contributed by atoms with van der Waals surface area (Å²) in [4.78, 5) is 41.0. The van der Waals surface area contributed by atoms with E-state index in [2.05, 4.69) is 26.1 Å². The highest BCUT2D eigenvalue weighted by Gasteiger charge is 2.17. The SMILES string of the molecule is Cc1nc2ccc(Cl)cn2c1C(=O)N/N=C/c1ccc(CNC(=O)C(=O)Nc2ccc(Cl)c(Cl)c2)o1. The minimum absolute atomic E-state index is 0.0460. The summed E-state index contributed by atoms with van der Waals surface area (Å²) in [5, 5.41) is 9.79. The van der Waals surface area contributed by atoms with Crippen molar-refractivity contribution in [1.29, 1.82) is 0 Å². The van der Waals surface area contributed by atoms with Crippen LogP contribution in [0.4, 0.5) is 5.69 Å². The van der Waals surface area contributed by atoms with Gasteiger partial charge in [-0.25, -0.2) is 10.4 Å². The molecule has 0 radical (unpaired) electrons. The zero-order valence-corrected chi connectivity index (χ0v) is 20.8. The Hall–Kier alpha value is -3.86. The quantitative estimate of drug-likeness (QED) is 0.189. The van der Waals surface area contributed by atoms with Gasteiger partial charge in [-0.15, -0.1) is 0 Å². The molecule has 10 nitrogen and oxygen atoms in total. The third-order valence-corrected chi connectivity index (χ3v) is 5.78. The van der Waals surface area contributed by atoms with Gasteiger partial charge in [-0.3, -0.25) is 18.8 Å². The number of fused-ring (bicyclic) bond motifs is 1. The van der Waals surface area contributed by atoms with Gasteiger partial charge in [0.2, 0.25) is 0 Å². The Morgan fingerprint density at radius 1 is 1.06 bits per heavy atom. The summed E-state index contributed by atoms with van der Waals surface area (Å²) < 4.78 is 7.11. The molecule has 184 valence electrons. The lowest BCUT2D eigenvalue weighted by molar-refractivity contribution is -0.136. The monoisotopic (exact) mass is 546 g/mol. The fourth-order valence-electron chi connectivity index (χ4n) is 3.19. The first kappa shape index (κ1) is 25.2. The van der Waals surface area contributed by atoms with Crippen LogP contribution >= 0.6 is 34.8 Å². The van der Waals surface area contributed by atoms with Gasteiger partial charge in [0.1, 0.15) is 22.9 Å². The number of hydrogen-bond donors (Lipinski definition) is 3. The van der Waals surface area contributed by atoms with Crippen molar-refractivity contribution < 1.29 is 18.8 Å². The number of aromatic nitrogens is 2. The Morgan fingerprint density at radius 2 is 1.86 bits per heavy atom. The largest absolute Gasteiger partial charge is 0.458 e. The highest BCUT2D eigenvalue weighted by atomic mass is 35.5. The van der Waals surface area contributed by atoms with Crippen molar-refractivity contribution in [3.63, 3.8) is 0 Å². The number of nitrogens with zero attached hydrogens (tertiary/aromatic N) is 3. The van der Waals surface area contributed by atoms with Gasteiger partial charge in [0, 0.05) is 11.9 Å². The molecule has 0 fully saturated rings. The normalized spacial score (nSPS) is 11.1. The number of hydrogen-bond acceptors (Lipinski definition) is 6. The van der Waals surface area contributed by atoms with Gasteiger partial charge in [0.15, 0.2) is 0 Å². The number of amides is 3. The average molecular weight is 548 g/mol. The maximum Gasteiger partial charge on any atom is 0.313 e. The number of imidazole rings is 1. The number of benzene rings is 1. The van der Waals surface area contributed by atoms with Gasteiger partial charge in [0.25, 0.3) is 5.91 Å². The Kier molecular flexibility index (Phi) is 7.58. The van der Waals surface area contributed by atoms with Gasteiger partial charge in [-0.1, -0.05) is 34.8 Å². The lowest BCUT2D eigenvalue weighted by Crippen LogP contribution is -2.34. The second-order valence-electron chi connectivity index (χ2n) is 7.39. The van der Waals surface area contributed by atoms with Crippen molar-refractivity contribution >= 4 is 70.1 Å². The van der Waals surface area contributed by atoms with E-state index in [-0.39, 0.29) is 11.6 Å². The van der Waals surface area contributed by atoms with Crippen molar-refractivity contribution in [2.45, 2.75) is 13.5 Å². The second-order valence-corrected chi connectivity index (χ2v) is 8.64. The van der Waals surface area contributed by atoms with Crippen LogP contribution < -0.4 is 16.1 Å². The van der Waals surface area contributed by atoms with E-state index in [0.717, 1.165) is 0 Å². The molecule has 0 unspecified atom stereocenters. The fraction of sp³-hybridized carbons (Fsp3) is 0.0870. The molecule has 3 aromatic heterocycles. The summed E-state index contributed by atoms with van der Waals surface area (Å²) in [5.74, 6) is -1.55. The predicted octanol–water partition coefficient (Wildman–Crippen LogP) is 4.21. The minimum Gasteiger partial charge on any atom is -0.458 e. The van der Waals surface area contributed by atoms with Gasteiger partial charge in [-0.05, 0) is 49.4 Å². The minimum atomic E-state index is -0.881. The van der Waals surface area contributed by atoms with Crippen LogP contribution in [0.3, 0.4) is 0 Å². The molecule has 1 aromatic carbocycles. The van der Waals surface area contributed by atoms with Crippen molar-refractivity contribution in [1.82, 2.24) is 20.1 Å². The molecule has 13 heteroatoms. The third-order valence-electron chi connectivity index (χ3n) is 4.82. The Bertz CT molecular complexity index is 1510. The first-order valence-electron chi connectivity index (χ1n) is 10.3. The van der Waals surface area contributed by atoms with Crippen LogP contribution in [0, 0.1) is 6.92 Å². The molecule has 0 aliphatic carbocycles. The Morgan fingerprint density at radius 3 is 2.64 bits per heavy atom. The number of carbonyl (C=O) groups is 3. The fourth-order valence-corrected chi connectivity index (χ4v) is 3.64. The summed E-state index contributed by atoms with van der Waals surface area (Å²) in [7, 11) is 0. The van der Waals surface area contributed by atoms with Crippen molar-refractivity contribution in [3.8, 4) is 0 Å². The first-order valence-corrected chi connectivity index (χ1v) is 11.4. The standard InChI is InChI=1S/C23H17Cl3N6O4/c1-12-20(32-11-13(24)2-7-19(32)29-12)21(33)31-28-10-16-5-4-15(36-16)9-27-22(34)23(35)30-14-3-6-17(25)18(26)8-14/h2-8,10-11H,9H2,1H3,(H,27,34)(H,30,35)(H,31,33)/b28-10+. The summed E-state index contributed by atoms with van der Waals surface area (Å²) in [6.45, 7) is 1.66. The van der Waals surface area contributed by atoms with E-state index in [1.807, 2.05) is 0 Å². The number of pyridine rings is 1. The number of hydrazone groups is 1.